The second kappa shape index (κ2) is 4.03. The highest BCUT2D eigenvalue weighted by atomic mass is 16.5. The number of ether oxygens (including phenoxy) is 1. The number of aromatic nitrogens is 2. The predicted octanol–water partition coefficient (Wildman–Crippen LogP) is 2.32. The monoisotopic (exact) mass is 263 g/mol. The molecule has 0 saturated carbocycles. The van der Waals surface area contributed by atoms with Gasteiger partial charge in [0.25, 0.3) is 5.91 Å². The van der Waals surface area contributed by atoms with E-state index in [9.17, 15) is 4.79 Å². The van der Waals surface area contributed by atoms with Crippen LogP contribution in [0.1, 0.15) is 0 Å². The van der Waals surface area contributed by atoms with Crippen LogP contribution in [0, 0.1) is 0 Å². The van der Waals surface area contributed by atoms with Gasteiger partial charge in [0.1, 0.15) is 6.26 Å². The second-order valence-corrected chi connectivity index (χ2v) is 4.39. The first-order chi connectivity index (χ1) is 9.84. The third-order valence-electron chi connectivity index (χ3n) is 3.22. The Morgan fingerprint density at radius 2 is 1.90 bits per heavy atom. The summed E-state index contributed by atoms with van der Waals surface area (Å²) in [6, 6.07) is 3.59. The van der Waals surface area contributed by atoms with Crippen molar-refractivity contribution in [3.05, 3.63) is 60.8 Å². The molecule has 5 heteroatoms. The summed E-state index contributed by atoms with van der Waals surface area (Å²) in [7, 11) is 0. The molecule has 0 atom stereocenters. The summed E-state index contributed by atoms with van der Waals surface area (Å²) >= 11 is 0. The quantitative estimate of drug-likeness (QED) is 0.732. The molecule has 0 N–H and O–H groups in total. The van der Waals surface area contributed by atoms with Gasteiger partial charge in [0.05, 0.1) is 22.3 Å². The van der Waals surface area contributed by atoms with E-state index in [0.29, 0.717) is 11.6 Å². The molecule has 0 bridgehead atoms. The lowest BCUT2D eigenvalue weighted by Gasteiger charge is -2.20. The summed E-state index contributed by atoms with van der Waals surface area (Å²) in [6.07, 6.45) is 11.7. The maximum absolute atomic E-state index is 12.3. The average molecular weight is 263 g/mol. The van der Waals surface area contributed by atoms with Gasteiger partial charge in [0, 0.05) is 18.5 Å². The summed E-state index contributed by atoms with van der Waals surface area (Å²) < 4.78 is 5.61. The number of pyridine rings is 2. The number of hydrogen-bond acceptors (Lipinski definition) is 4. The Bertz CT molecular complexity index is 816. The van der Waals surface area contributed by atoms with Crippen LogP contribution in [0.2, 0.25) is 0 Å². The molecule has 0 saturated heterocycles. The largest absolute Gasteiger partial charge is 0.444 e. The minimum absolute atomic E-state index is 0.131. The van der Waals surface area contributed by atoms with Crippen molar-refractivity contribution in [2.45, 2.75) is 0 Å². The summed E-state index contributed by atoms with van der Waals surface area (Å²) in [4.78, 5) is 22.4. The maximum Gasteiger partial charge on any atom is 0.255 e. The molecule has 0 radical (unpaired) electrons. The van der Waals surface area contributed by atoms with Gasteiger partial charge in [-0.05, 0) is 18.2 Å². The van der Waals surface area contributed by atoms with Gasteiger partial charge >= 0.3 is 0 Å². The number of carbonyl (C=O) groups excluding carboxylic acids is 1. The Morgan fingerprint density at radius 3 is 2.85 bits per heavy atom. The molecule has 0 aliphatic carbocycles. The Labute approximate surface area is 114 Å². The normalized spacial score (nSPS) is 16.3. The number of fused-ring (bicyclic) bond motifs is 2. The zero-order valence-electron chi connectivity index (χ0n) is 10.4. The van der Waals surface area contributed by atoms with Crippen LogP contribution in [0.4, 0.5) is 5.69 Å². The van der Waals surface area contributed by atoms with Crippen molar-refractivity contribution in [1.29, 1.82) is 0 Å². The highest BCUT2D eigenvalue weighted by Crippen LogP contribution is 2.36. The predicted molar refractivity (Wildman–Crippen MR) is 74.0 cm³/mol. The number of rotatable bonds is 0. The number of nitrogens with zero attached hydrogens (tertiary/aromatic N) is 3. The fourth-order valence-electron chi connectivity index (χ4n) is 2.36. The minimum Gasteiger partial charge on any atom is -0.444 e. The molecule has 4 heterocycles. The van der Waals surface area contributed by atoms with Crippen molar-refractivity contribution >= 4 is 22.5 Å². The van der Waals surface area contributed by atoms with E-state index in [1.807, 2.05) is 6.08 Å². The van der Waals surface area contributed by atoms with E-state index in [4.69, 9.17) is 4.74 Å². The van der Waals surface area contributed by atoms with Gasteiger partial charge in [0.2, 0.25) is 5.88 Å². The molecular formula is C15H9N3O2. The van der Waals surface area contributed by atoms with Crippen molar-refractivity contribution in [2.24, 2.45) is 0 Å². The summed E-state index contributed by atoms with van der Waals surface area (Å²) in [5.41, 5.74) is 2.13. The zero-order chi connectivity index (χ0) is 13.5. The Morgan fingerprint density at radius 1 is 1.05 bits per heavy atom. The molecule has 0 unspecified atom stereocenters. The van der Waals surface area contributed by atoms with Crippen LogP contribution in [0.15, 0.2) is 60.8 Å². The molecule has 4 rings (SSSR count). The van der Waals surface area contributed by atoms with Crippen LogP contribution >= 0.6 is 0 Å². The highest BCUT2D eigenvalue weighted by molar-refractivity contribution is 6.11. The first kappa shape index (κ1) is 10.9. The van der Waals surface area contributed by atoms with E-state index in [2.05, 4.69) is 9.97 Å². The van der Waals surface area contributed by atoms with Crippen LogP contribution in [0.5, 0.6) is 5.88 Å². The molecule has 5 nitrogen and oxygen atoms in total. The van der Waals surface area contributed by atoms with Crippen LogP contribution in [0.25, 0.3) is 10.9 Å². The molecule has 0 spiro atoms. The smallest absolute Gasteiger partial charge is 0.255 e. The number of anilines is 1. The van der Waals surface area contributed by atoms with E-state index < -0.39 is 0 Å². The number of allylic oxidation sites excluding steroid dienone is 3. The van der Waals surface area contributed by atoms with Crippen molar-refractivity contribution < 1.29 is 9.53 Å². The van der Waals surface area contributed by atoms with E-state index in [1.165, 1.54) is 12.3 Å². The van der Waals surface area contributed by atoms with Crippen LogP contribution in [0.3, 0.4) is 0 Å². The fraction of sp³-hybridized carbons (Fsp3) is 0. The van der Waals surface area contributed by atoms with Gasteiger partial charge in [-0.25, -0.2) is 4.98 Å². The van der Waals surface area contributed by atoms with E-state index >= 15 is 0 Å². The lowest BCUT2D eigenvalue weighted by molar-refractivity contribution is -0.113. The van der Waals surface area contributed by atoms with Crippen LogP contribution in [-0.4, -0.2) is 15.9 Å². The molecule has 1 amide bonds. The van der Waals surface area contributed by atoms with Crippen molar-refractivity contribution in [3.63, 3.8) is 0 Å². The lowest BCUT2D eigenvalue weighted by Crippen LogP contribution is -2.27. The van der Waals surface area contributed by atoms with Crippen LogP contribution < -0.4 is 9.64 Å². The van der Waals surface area contributed by atoms with E-state index in [1.54, 1.807) is 41.6 Å². The number of amides is 1. The molecule has 2 aliphatic heterocycles. The Hall–Kier alpha value is -2.95. The van der Waals surface area contributed by atoms with Gasteiger partial charge in [-0.2, -0.15) is 0 Å². The molecule has 0 aromatic carbocycles. The first-order valence-electron chi connectivity index (χ1n) is 6.14. The SMILES string of the molecule is O=C1C=CC=CC2=COc3nccc4nccc(c34)N12. The fourth-order valence-corrected chi connectivity index (χ4v) is 2.36. The standard InChI is InChI=1S/C15H9N3O2/c19-13-4-2-1-3-10-9-20-15-14-11(5-7-17-15)16-8-6-12(14)18(10)13/h1-9H. The van der Waals surface area contributed by atoms with Gasteiger partial charge in [-0.15, -0.1) is 0 Å². The van der Waals surface area contributed by atoms with Crippen molar-refractivity contribution in [3.8, 4) is 5.88 Å². The van der Waals surface area contributed by atoms with Gasteiger partial charge in [-0.1, -0.05) is 12.2 Å². The van der Waals surface area contributed by atoms with Gasteiger partial charge in [0.15, 0.2) is 0 Å². The summed E-state index contributed by atoms with van der Waals surface area (Å²) in [5, 5.41) is 0.735. The lowest BCUT2D eigenvalue weighted by atomic mass is 10.2. The molecule has 2 aromatic heterocycles. The first-order valence-corrected chi connectivity index (χ1v) is 6.14. The zero-order valence-corrected chi connectivity index (χ0v) is 10.4. The second-order valence-electron chi connectivity index (χ2n) is 4.39. The molecule has 96 valence electrons. The topological polar surface area (TPSA) is 55.3 Å². The third kappa shape index (κ3) is 1.46. The molecule has 2 aliphatic rings. The van der Waals surface area contributed by atoms with Crippen molar-refractivity contribution in [1.82, 2.24) is 9.97 Å². The molecular weight excluding hydrogens is 254 g/mol. The Kier molecular flexibility index (Phi) is 2.20. The van der Waals surface area contributed by atoms with Crippen LogP contribution in [-0.2, 0) is 4.79 Å². The number of hydrogen-bond donors (Lipinski definition) is 0. The summed E-state index contributed by atoms with van der Waals surface area (Å²) in [6.45, 7) is 0. The molecule has 2 aromatic rings. The minimum atomic E-state index is -0.131. The highest BCUT2D eigenvalue weighted by Gasteiger charge is 2.25. The number of carbonyl (C=O) groups is 1. The maximum atomic E-state index is 12.3. The van der Waals surface area contributed by atoms with Gasteiger partial charge < -0.3 is 4.74 Å². The van der Waals surface area contributed by atoms with Gasteiger partial charge in [-0.3, -0.25) is 14.7 Å². The summed E-state index contributed by atoms with van der Waals surface area (Å²) in [5.74, 6) is 0.324. The van der Waals surface area contributed by atoms with Crippen molar-refractivity contribution in [2.75, 3.05) is 4.90 Å². The molecule has 20 heavy (non-hydrogen) atoms. The average Bonchev–Trinajstić information content (AvgIpc) is 2.74. The third-order valence-corrected chi connectivity index (χ3v) is 3.22. The van der Waals surface area contributed by atoms with E-state index in [0.717, 1.165) is 16.6 Å². The Balaban J connectivity index is 2.09. The van der Waals surface area contributed by atoms with E-state index in [-0.39, 0.29) is 5.91 Å². The molecule has 0 fully saturated rings.